The molecule has 0 amide bonds. The van der Waals surface area contributed by atoms with Crippen molar-refractivity contribution in [2.75, 3.05) is 0 Å². The van der Waals surface area contributed by atoms with Gasteiger partial charge in [0.05, 0.1) is 6.04 Å². The van der Waals surface area contributed by atoms with Crippen LogP contribution in [0.5, 0.6) is 0 Å². The highest BCUT2D eigenvalue weighted by Gasteiger charge is 2.05. The molecular weight excluding hydrogens is 314 g/mol. The van der Waals surface area contributed by atoms with Crippen molar-refractivity contribution in [2.45, 2.75) is 161 Å². The molecule has 1 heteroatoms. The molecule has 0 aromatic heterocycles. The van der Waals surface area contributed by atoms with E-state index in [4.69, 9.17) is 0 Å². The van der Waals surface area contributed by atoms with Gasteiger partial charge in [0.1, 0.15) is 0 Å². The molecule has 0 aliphatic carbocycles. The summed E-state index contributed by atoms with van der Waals surface area (Å²) in [5.74, 6) is 0. The fourth-order valence-corrected chi connectivity index (χ4v) is 3.99. The summed E-state index contributed by atoms with van der Waals surface area (Å²) in [6.45, 7) is 4.60. The second-order valence-electron chi connectivity index (χ2n) is 8.81. The topological polar surface area (TPSA) is 27.6 Å². The third-order valence-corrected chi connectivity index (χ3v) is 5.93. The molecule has 0 aliphatic heterocycles. The van der Waals surface area contributed by atoms with Gasteiger partial charge in [-0.25, -0.2) is 0 Å². The molecule has 0 aromatic rings. The Bertz CT molecular complexity index is 214. The van der Waals surface area contributed by atoms with Crippen LogP contribution in [-0.2, 0) is 0 Å². The van der Waals surface area contributed by atoms with Crippen LogP contribution in [-0.4, -0.2) is 6.04 Å². The first-order valence-corrected chi connectivity index (χ1v) is 12.6. The quantitative estimate of drug-likeness (QED) is 0.186. The SMILES string of the molecule is CCCCCCCCCCCCC([NH3+])CCCCCCCCCCCC. The van der Waals surface area contributed by atoms with Crippen molar-refractivity contribution in [1.82, 2.24) is 0 Å². The van der Waals surface area contributed by atoms with E-state index >= 15 is 0 Å². The molecule has 158 valence electrons. The summed E-state index contributed by atoms with van der Waals surface area (Å²) in [5.41, 5.74) is 4.39. The molecule has 0 aliphatic rings. The maximum Gasteiger partial charge on any atom is 0.0843 e. The highest BCUT2D eigenvalue weighted by molar-refractivity contribution is 4.57. The van der Waals surface area contributed by atoms with Gasteiger partial charge in [0.25, 0.3) is 0 Å². The van der Waals surface area contributed by atoms with E-state index in [9.17, 15) is 0 Å². The highest BCUT2D eigenvalue weighted by Crippen LogP contribution is 2.14. The maximum atomic E-state index is 4.39. The lowest BCUT2D eigenvalue weighted by Crippen LogP contribution is -2.60. The van der Waals surface area contributed by atoms with Crippen LogP contribution < -0.4 is 5.73 Å². The van der Waals surface area contributed by atoms with Crippen molar-refractivity contribution in [3.05, 3.63) is 0 Å². The van der Waals surface area contributed by atoms with E-state index in [1.807, 2.05) is 0 Å². The van der Waals surface area contributed by atoms with Crippen molar-refractivity contribution in [3.8, 4) is 0 Å². The normalized spacial score (nSPS) is 11.5. The molecule has 0 saturated heterocycles. The summed E-state index contributed by atoms with van der Waals surface area (Å²) >= 11 is 0. The van der Waals surface area contributed by atoms with Crippen LogP contribution in [0.1, 0.15) is 155 Å². The zero-order valence-electron chi connectivity index (χ0n) is 18.8. The number of quaternary nitrogens is 1. The van der Waals surface area contributed by atoms with Gasteiger partial charge < -0.3 is 5.73 Å². The van der Waals surface area contributed by atoms with Crippen molar-refractivity contribution >= 4 is 0 Å². The fraction of sp³-hybridized carbons (Fsp3) is 1.00. The third kappa shape index (κ3) is 22.0. The van der Waals surface area contributed by atoms with Gasteiger partial charge in [0.2, 0.25) is 0 Å². The minimum absolute atomic E-state index is 0.720. The van der Waals surface area contributed by atoms with Crippen LogP contribution in [0.4, 0.5) is 0 Å². The zero-order chi connectivity index (χ0) is 19.1. The maximum absolute atomic E-state index is 4.39. The fourth-order valence-electron chi connectivity index (χ4n) is 3.99. The van der Waals surface area contributed by atoms with Crippen molar-refractivity contribution in [1.29, 1.82) is 0 Å². The zero-order valence-corrected chi connectivity index (χ0v) is 18.8. The van der Waals surface area contributed by atoms with Crippen molar-refractivity contribution in [3.63, 3.8) is 0 Å². The average Bonchev–Trinajstić information content (AvgIpc) is 2.64. The summed E-state index contributed by atoms with van der Waals surface area (Å²) in [7, 11) is 0. The van der Waals surface area contributed by atoms with Gasteiger partial charge in [0, 0.05) is 0 Å². The summed E-state index contributed by atoms with van der Waals surface area (Å²) in [4.78, 5) is 0. The first-order valence-electron chi connectivity index (χ1n) is 12.6. The smallest absolute Gasteiger partial charge is 0.0843 e. The Morgan fingerprint density at radius 3 is 0.885 bits per heavy atom. The lowest BCUT2D eigenvalue weighted by Gasteiger charge is -2.08. The molecule has 0 atom stereocenters. The van der Waals surface area contributed by atoms with E-state index in [0.29, 0.717) is 0 Å². The van der Waals surface area contributed by atoms with E-state index in [0.717, 1.165) is 6.04 Å². The Hall–Kier alpha value is -0.0400. The van der Waals surface area contributed by atoms with Crippen LogP contribution in [0.2, 0.25) is 0 Å². The molecule has 0 unspecified atom stereocenters. The lowest BCUT2D eigenvalue weighted by molar-refractivity contribution is -0.423. The van der Waals surface area contributed by atoms with E-state index in [1.54, 1.807) is 0 Å². The van der Waals surface area contributed by atoms with Crippen molar-refractivity contribution in [2.24, 2.45) is 0 Å². The van der Waals surface area contributed by atoms with E-state index in [2.05, 4.69) is 19.6 Å². The standard InChI is InChI=1S/C25H53N/c1-3-5-7-9-11-13-15-17-19-21-23-25(26)24-22-20-18-16-14-12-10-8-6-4-2/h25H,3-24,26H2,1-2H3/p+1. The second-order valence-corrected chi connectivity index (χ2v) is 8.81. The van der Waals surface area contributed by atoms with Gasteiger partial charge in [-0.15, -0.1) is 0 Å². The van der Waals surface area contributed by atoms with E-state index in [-0.39, 0.29) is 0 Å². The van der Waals surface area contributed by atoms with E-state index < -0.39 is 0 Å². The van der Waals surface area contributed by atoms with Gasteiger partial charge in [-0.3, -0.25) is 0 Å². The van der Waals surface area contributed by atoms with E-state index in [1.165, 1.54) is 141 Å². The van der Waals surface area contributed by atoms with Gasteiger partial charge in [-0.05, 0) is 25.7 Å². The minimum atomic E-state index is 0.720. The Morgan fingerprint density at radius 1 is 0.385 bits per heavy atom. The molecule has 0 heterocycles. The summed E-state index contributed by atoms with van der Waals surface area (Å²) in [6, 6.07) is 0.720. The van der Waals surface area contributed by atoms with Crippen LogP contribution >= 0.6 is 0 Å². The summed E-state index contributed by atoms with van der Waals surface area (Å²) < 4.78 is 0. The predicted octanol–water partition coefficient (Wildman–Crippen LogP) is 8.22. The average molecular weight is 369 g/mol. The second kappa shape index (κ2) is 23.0. The number of hydrogen-bond acceptors (Lipinski definition) is 0. The van der Waals surface area contributed by atoms with Gasteiger partial charge >= 0.3 is 0 Å². The summed E-state index contributed by atoms with van der Waals surface area (Å²) in [5, 5.41) is 0. The minimum Gasteiger partial charge on any atom is -0.355 e. The third-order valence-electron chi connectivity index (χ3n) is 5.93. The van der Waals surface area contributed by atoms with Crippen LogP contribution in [0.15, 0.2) is 0 Å². The molecule has 0 fully saturated rings. The van der Waals surface area contributed by atoms with Gasteiger partial charge in [0.15, 0.2) is 0 Å². The first kappa shape index (κ1) is 26.0. The molecule has 26 heavy (non-hydrogen) atoms. The molecule has 0 bridgehead atoms. The first-order chi connectivity index (χ1) is 12.8. The molecule has 0 radical (unpaired) electrons. The number of unbranched alkanes of at least 4 members (excludes halogenated alkanes) is 18. The molecule has 3 N–H and O–H groups in total. The molecular formula is C25H54N+. The Morgan fingerprint density at radius 2 is 0.615 bits per heavy atom. The van der Waals surface area contributed by atoms with Gasteiger partial charge in [-0.2, -0.15) is 0 Å². The van der Waals surface area contributed by atoms with Gasteiger partial charge in [-0.1, -0.05) is 129 Å². The lowest BCUT2D eigenvalue weighted by atomic mass is 10.00. The molecule has 0 saturated carbocycles. The Balaban J connectivity index is 3.12. The Kier molecular flexibility index (Phi) is 23.0. The summed E-state index contributed by atoms with van der Waals surface area (Å²) in [6.07, 6.45) is 31.6. The van der Waals surface area contributed by atoms with Crippen molar-refractivity contribution < 1.29 is 5.73 Å². The predicted molar refractivity (Wildman–Crippen MR) is 120 cm³/mol. The Labute approximate surface area is 167 Å². The molecule has 0 rings (SSSR count). The van der Waals surface area contributed by atoms with Crippen LogP contribution in [0.3, 0.4) is 0 Å². The highest BCUT2D eigenvalue weighted by atomic mass is 14.6. The number of hydrogen-bond donors (Lipinski definition) is 1. The van der Waals surface area contributed by atoms with Crippen LogP contribution in [0, 0.1) is 0 Å². The molecule has 0 spiro atoms. The molecule has 0 aromatic carbocycles. The largest absolute Gasteiger partial charge is 0.355 e. The van der Waals surface area contributed by atoms with Crippen LogP contribution in [0.25, 0.3) is 0 Å². The monoisotopic (exact) mass is 368 g/mol. The molecule has 1 nitrogen and oxygen atoms in total. The number of rotatable bonds is 22.